The first kappa shape index (κ1) is 10.6. The topological polar surface area (TPSA) is 17.1 Å². The van der Waals surface area contributed by atoms with Gasteiger partial charge in [-0.3, -0.25) is 4.79 Å². The van der Waals surface area contributed by atoms with E-state index >= 15 is 0 Å². The number of hydrogen-bond acceptors (Lipinski definition) is 1. The van der Waals surface area contributed by atoms with Crippen LogP contribution in [0.5, 0.6) is 0 Å². The van der Waals surface area contributed by atoms with Crippen LogP contribution in [0.3, 0.4) is 0 Å². The van der Waals surface area contributed by atoms with Crippen LogP contribution < -0.4 is 0 Å². The van der Waals surface area contributed by atoms with Crippen molar-refractivity contribution in [2.75, 3.05) is 0 Å². The van der Waals surface area contributed by atoms with E-state index < -0.39 is 0 Å². The summed E-state index contributed by atoms with van der Waals surface area (Å²) in [6, 6.07) is 17.8. The van der Waals surface area contributed by atoms with Crippen LogP contribution in [0.25, 0.3) is 0 Å². The Morgan fingerprint density at radius 1 is 1.00 bits per heavy atom. The third-order valence-electron chi connectivity index (χ3n) is 2.60. The summed E-state index contributed by atoms with van der Waals surface area (Å²) in [4.78, 5) is 12.0. The molecule has 1 nitrogen and oxygen atoms in total. The quantitative estimate of drug-likeness (QED) is 0.709. The van der Waals surface area contributed by atoms with Crippen molar-refractivity contribution < 1.29 is 4.79 Å². The molecule has 0 aliphatic rings. The Labute approximate surface area is 95.7 Å². The molecular weight excluding hydrogens is 196 g/mol. The fourth-order valence-electron chi connectivity index (χ4n) is 1.60. The van der Waals surface area contributed by atoms with Gasteiger partial charge in [0, 0.05) is 11.1 Å². The molecule has 79 valence electrons. The Kier molecular flexibility index (Phi) is 3.16. The third kappa shape index (κ3) is 2.19. The summed E-state index contributed by atoms with van der Waals surface area (Å²) in [6.07, 6.45) is 0.995. The van der Waals surface area contributed by atoms with Gasteiger partial charge in [0.2, 0.25) is 0 Å². The molecule has 2 aromatic carbocycles. The maximum atomic E-state index is 12.0. The van der Waals surface area contributed by atoms with Crippen molar-refractivity contribution >= 4 is 5.78 Å². The highest BCUT2D eigenvalue weighted by atomic mass is 16.1. The molecule has 1 radical (unpaired) electrons. The lowest BCUT2D eigenvalue weighted by molar-refractivity contribution is 0.103. The van der Waals surface area contributed by atoms with Crippen molar-refractivity contribution in [3.8, 4) is 0 Å². The van der Waals surface area contributed by atoms with E-state index in [0.29, 0.717) is 5.56 Å². The first-order valence-corrected chi connectivity index (χ1v) is 5.41. The summed E-state index contributed by atoms with van der Waals surface area (Å²) in [5, 5.41) is 0. The maximum absolute atomic E-state index is 12.0. The highest BCUT2D eigenvalue weighted by molar-refractivity contribution is 6.08. The number of hydrogen-bond donors (Lipinski definition) is 0. The second-order valence-corrected chi connectivity index (χ2v) is 3.67. The Morgan fingerprint density at radius 3 is 2.12 bits per heavy atom. The molecular formula is C15H13O. The van der Waals surface area contributed by atoms with Crippen LogP contribution in [0.2, 0.25) is 0 Å². The van der Waals surface area contributed by atoms with Gasteiger partial charge < -0.3 is 0 Å². The predicted octanol–water partition coefficient (Wildman–Crippen LogP) is 3.28. The molecule has 0 fully saturated rings. The zero-order chi connectivity index (χ0) is 11.4. The van der Waals surface area contributed by atoms with Gasteiger partial charge in [0.05, 0.1) is 0 Å². The van der Waals surface area contributed by atoms with Gasteiger partial charge in [0.1, 0.15) is 0 Å². The summed E-state index contributed by atoms with van der Waals surface area (Å²) in [6.45, 7) is 2.10. The molecule has 0 N–H and O–H groups in total. The first-order valence-electron chi connectivity index (χ1n) is 5.41. The van der Waals surface area contributed by atoms with Gasteiger partial charge in [-0.2, -0.15) is 0 Å². The molecule has 0 aromatic heterocycles. The van der Waals surface area contributed by atoms with Crippen molar-refractivity contribution in [1.29, 1.82) is 0 Å². The van der Waals surface area contributed by atoms with Gasteiger partial charge in [-0.05, 0) is 18.1 Å². The average Bonchev–Trinajstić information content (AvgIpc) is 2.39. The lowest BCUT2D eigenvalue weighted by atomic mass is 10.0. The van der Waals surface area contributed by atoms with Crippen LogP contribution in [0.1, 0.15) is 28.4 Å². The third-order valence-corrected chi connectivity index (χ3v) is 2.60. The van der Waals surface area contributed by atoms with Crippen LogP contribution in [0, 0.1) is 6.07 Å². The van der Waals surface area contributed by atoms with Crippen molar-refractivity contribution in [3.63, 3.8) is 0 Å². The molecule has 16 heavy (non-hydrogen) atoms. The molecule has 0 saturated carbocycles. The molecule has 0 atom stereocenters. The Morgan fingerprint density at radius 2 is 1.56 bits per heavy atom. The highest BCUT2D eigenvalue weighted by Crippen LogP contribution is 2.11. The van der Waals surface area contributed by atoms with E-state index in [0.717, 1.165) is 12.0 Å². The van der Waals surface area contributed by atoms with E-state index in [4.69, 9.17) is 0 Å². The van der Waals surface area contributed by atoms with Gasteiger partial charge in [-0.25, -0.2) is 0 Å². The summed E-state index contributed by atoms with van der Waals surface area (Å²) in [5.74, 6) is 0.0663. The second kappa shape index (κ2) is 4.75. The van der Waals surface area contributed by atoms with E-state index in [1.54, 1.807) is 24.3 Å². The largest absolute Gasteiger partial charge is 0.289 e. The molecule has 0 unspecified atom stereocenters. The molecule has 0 heterocycles. The Hall–Kier alpha value is -1.89. The molecule has 0 bridgehead atoms. The molecule has 2 rings (SSSR count). The number of benzene rings is 2. The standard InChI is InChI=1S/C15H13O/c1-2-12-8-10-14(11-9-12)15(16)13-6-4-3-5-7-13/h4-11H,2H2,1H3. The van der Waals surface area contributed by atoms with E-state index in [1.165, 1.54) is 5.56 Å². The number of carbonyl (C=O) groups is 1. The fraction of sp³-hybridized carbons (Fsp3) is 0.133. The molecule has 0 amide bonds. The summed E-state index contributed by atoms with van der Waals surface area (Å²) < 4.78 is 0. The van der Waals surface area contributed by atoms with E-state index in [1.807, 2.05) is 24.3 Å². The number of rotatable bonds is 3. The van der Waals surface area contributed by atoms with Gasteiger partial charge in [-0.15, -0.1) is 0 Å². The Balaban J connectivity index is 2.28. The molecule has 0 aliphatic heterocycles. The molecule has 0 spiro atoms. The number of aryl methyl sites for hydroxylation is 1. The van der Waals surface area contributed by atoms with Crippen LogP contribution in [-0.2, 0) is 6.42 Å². The fourth-order valence-corrected chi connectivity index (χ4v) is 1.60. The molecule has 1 heteroatoms. The summed E-state index contributed by atoms with van der Waals surface area (Å²) in [7, 11) is 0. The lowest BCUT2D eigenvalue weighted by Gasteiger charge is -2.02. The van der Waals surface area contributed by atoms with E-state index in [2.05, 4.69) is 13.0 Å². The summed E-state index contributed by atoms with van der Waals surface area (Å²) >= 11 is 0. The smallest absolute Gasteiger partial charge is 0.193 e. The van der Waals surface area contributed by atoms with E-state index in [9.17, 15) is 4.79 Å². The first-order chi connectivity index (χ1) is 7.81. The van der Waals surface area contributed by atoms with Crippen molar-refractivity contribution in [2.24, 2.45) is 0 Å². The summed E-state index contributed by atoms with van der Waals surface area (Å²) in [5.41, 5.74) is 2.70. The van der Waals surface area contributed by atoms with E-state index in [-0.39, 0.29) is 5.78 Å². The molecule has 2 aromatic rings. The SMILES string of the molecule is CCc1ccc(C(=O)c2cc[c]cc2)cc1. The number of carbonyl (C=O) groups excluding carboxylic acids is 1. The van der Waals surface area contributed by atoms with Gasteiger partial charge in [0.15, 0.2) is 5.78 Å². The monoisotopic (exact) mass is 209 g/mol. The van der Waals surface area contributed by atoms with Crippen LogP contribution in [0.15, 0.2) is 48.5 Å². The average molecular weight is 209 g/mol. The predicted molar refractivity (Wildman–Crippen MR) is 64.5 cm³/mol. The van der Waals surface area contributed by atoms with Crippen LogP contribution in [-0.4, -0.2) is 5.78 Å². The van der Waals surface area contributed by atoms with Crippen molar-refractivity contribution in [1.82, 2.24) is 0 Å². The molecule has 0 aliphatic carbocycles. The van der Waals surface area contributed by atoms with Gasteiger partial charge >= 0.3 is 0 Å². The maximum Gasteiger partial charge on any atom is 0.193 e. The minimum Gasteiger partial charge on any atom is -0.289 e. The normalized spacial score (nSPS) is 10.1. The van der Waals surface area contributed by atoms with Gasteiger partial charge in [-0.1, -0.05) is 55.5 Å². The zero-order valence-corrected chi connectivity index (χ0v) is 9.23. The van der Waals surface area contributed by atoms with Crippen molar-refractivity contribution in [2.45, 2.75) is 13.3 Å². The van der Waals surface area contributed by atoms with Crippen molar-refractivity contribution in [3.05, 3.63) is 71.3 Å². The zero-order valence-electron chi connectivity index (χ0n) is 9.23. The second-order valence-electron chi connectivity index (χ2n) is 3.67. The van der Waals surface area contributed by atoms with Crippen LogP contribution >= 0.6 is 0 Å². The minimum absolute atomic E-state index is 0.0663. The minimum atomic E-state index is 0.0663. The highest BCUT2D eigenvalue weighted by Gasteiger charge is 2.07. The lowest BCUT2D eigenvalue weighted by Crippen LogP contribution is -2.00. The van der Waals surface area contributed by atoms with Gasteiger partial charge in [0.25, 0.3) is 0 Å². The molecule has 0 saturated heterocycles. The van der Waals surface area contributed by atoms with Crippen LogP contribution in [0.4, 0.5) is 0 Å². The Bertz CT molecular complexity index is 469. The number of ketones is 1.